The first kappa shape index (κ1) is 14.8. The molecule has 0 radical (unpaired) electrons. The summed E-state index contributed by atoms with van der Waals surface area (Å²) in [5.41, 5.74) is -0.835. The fraction of sp³-hybridized carbons (Fsp3) is 0.400. The standard InChI is InChI=1S/C10H9BrClF3O2/c11-4-8(16)9(17)6-2-1-5(3-7(6)12)10(13,14)15/h1-3,8-9,16-17H,4H2. The Morgan fingerprint density at radius 1 is 1.29 bits per heavy atom. The van der Waals surface area contributed by atoms with Gasteiger partial charge in [0.25, 0.3) is 0 Å². The van der Waals surface area contributed by atoms with Crippen LogP contribution in [0.25, 0.3) is 0 Å². The second-order valence-corrected chi connectivity index (χ2v) is 4.46. The number of hydrogen-bond donors (Lipinski definition) is 2. The lowest BCUT2D eigenvalue weighted by atomic mass is 10.0. The fourth-order valence-electron chi connectivity index (χ4n) is 1.23. The molecule has 1 rings (SSSR count). The number of alkyl halides is 4. The van der Waals surface area contributed by atoms with E-state index in [1.54, 1.807) is 0 Å². The Bertz CT molecular complexity index is 398. The van der Waals surface area contributed by atoms with Gasteiger partial charge in [-0.2, -0.15) is 13.2 Å². The molecule has 0 aliphatic rings. The van der Waals surface area contributed by atoms with Crippen LogP contribution in [0.2, 0.25) is 5.02 Å². The van der Waals surface area contributed by atoms with E-state index in [4.69, 9.17) is 11.6 Å². The first-order valence-electron chi connectivity index (χ1n) is 4.56. The maximum absolute atomic E-state index is 12.3. The molecule has 7 heteroatoms. The fourth-order valence-corrected chi connectivity index (χ4v) is 1.88. The molecule has 1 aromatic rings. The van der Waals surface area contributed by atoms with Crippen LogP contribution in [0.15, 0.2) is 18.2 Å². The Labute approximate surface area is 109 Å². The molecule has 0 heterocycles. The van der Waals surface area contributed by atoms with Crippen molar-refractivity contribution >= 4 is 27.5 Å². The molecule has 2 N–H and O–H groups in total. The van der Waals surface area contributed by atoms with Crippen LogP contribution in [0, 0.1) is 0 Å². The average Bonchev–Trinajstić information content (AvgIpc) is 2.25. The van der Waals surface area contributed by atoms with Crippen LogP contribution in [0.5, 0.6) is 0 Å². The Kier molecular flexibility index (Phi) is 4.83. The maximum atomic E-state index is 12.3. The van der Waals surface area contributed by atoms with Gasteiger partial charge in [-0.05, 0) is 12.1 Å². The summed E-state index contributed by atoms with van der Waals surface area (Å²) in [5, 5.41) is 18.8. The smallest absolute Gasteiger partial charge is 0.389 e. The van der Waals surface area contributed by atoms with Crippen molar-refractivity contribution in [2.24, 2.45) is 0 Å². The molecule has 96 valence electrons. The van der Waals surface area contributed by atoms with E-state index in [2.05, 4.69) is 15.9 Å². The molecule has 0 fully saturated rings. The second-order valence-electron chi connectivity index (χ2n) is 3.40. The minimum atomic E-state index is -4.48. The summed E-state index contributed by atoms with van der Waals surface area (Å²) >= 11 is 8.60. The topological polar surface area (TPSA) is 40.5 Å². The third kappa shape index (κ3) is 3.58. The van der Waals surface area contributed by atoms with Crippen LogP contribution in [0.3, 0.4) is 0 Å². The molecular formula is C10H9BrClF3O2. The molecule has 0 saturated carbocycles. The van der Waals surface area contributed by atoms with E-state index >= 15 is 0 Å². The highest BCUT2D eigenvalue weighted by Gasteiger charge is 2.31. The quantitative estimate of drug-likeness (QED) is 0.834. The van der Waals surface area contributed by atoms with Crippen LogP contribution in [0.4, 0.5) is 13.2 Å². The molecule has 0 saturated heterocycles. The van der Waals surface area contributed by atoms with Crippen molar-refractivity contribution in [1.29, 1.82) is 0 Å². The lowest BCUT2D eigenvalue weighted by Crippen LogP contribution is -2.20. The summed E-state index contributed by atoms with van der Waals surface area (Å²) in [4.78, 5) is 0. The van der Waals surface area contributed by atoms with Crippen molar-refractivity contribution in [3.05, 3.63) is 34.3 Å². The summed E-state index contributed by atoms with van der Waals surface area (Å²) in [6.45, 7) is 0. The summed E-state index contributed by atoms with van der Waals surface area (Å²) < 4.78 is 37.0. The van der Waals surface area contributed by atoms with E-state index in [1.807, 2.05) is 0 Å². The van der Waals surface area contributed by atoms with Crippen molar-refractivity contribution in [1.82, 2.24) is 0 Å². The Balaban J connectivity index is 3.06. The van der Waals surface area contributed by atoms with Crippen LogP contribution >= 0.6 is 27.5 Å². The van der Waals surface area contributed by atoms with Crippen molar-refractivity contribution in [2.45, 2.75) is 18.4 Å². The zero-order chi connectivity index (χ0) is 13.2. The molecule has 2 nitrogen and oxygen atoms in total. The highest BCUT2D eigenvalue weighted by Crippen LogP contribution is 2.34. The van der Waals surface area contributed by atoms with Crippen molar-refractivity contribution in [3.63, 3.8) is 0 Å². The Hall–Kier alpha value is -0.300. The van der Waals surface area contributed by atoms with Gasteiger partial charge in [0, 0.05) is 15.9 Å². The zero-order valence-corrected chi connectivity index (χ0v) is 10.7. The molecule has 0 aromatic heterocycles. The maximum Gasteiger partial charge on any atom is 0.416 e. The largest absolute Gasteiger partial charge is 0.416 e. The van der Waals surface area contributed by atoms with Crippen LogP contribution < -0.4 is 0 Å². The van der Waals surface area contributed by atoms with Gasteiger partial charge in [0.1, 0.15) is 6.10 Å². The van der Waals surface area contributed by atoms with E-state index in [9.17, 15) is 23.4 Å². The van der Waals surface area contributed by atoms with Gasteiger partial charge in [0.05, 0.1) is 11.7 Å². The van der Waals surface area contributed by atoms with E-state index in [0.717, 1.165) is 18.2 Å². The zero-order valence-electron chi connectivity index (χ0n) is 8.38. The average molecular weight is 334 g/mol. The molecular weight excluding hydrogens is 324 g/mol. The normalized spacial score (nSPS) is 15.7. The Morgan fingerprint density at radius 2 is 1.88 bits per heavy atom. The number of aliphatic hydroxyl groups is 2. The van der Waals surface area contributed by atoms with Crippen molar-refractivity contribution in [2.75, 3.05) is 5.33 Å². The molecule has 17 heavy (non-hydrogen) atoms. The van der Waals surface area contributed by atoms with Gasteiger partial charge in [-0.3, -0.25) is 0 Å². The molecule has 0 amide bonds. The summed E-state index contributed by atoms with van der Waals surface area (Å²) in [7, 11) is 0. The number of halogens is 5. The minimum Gasteiger partial charge on any atom is -0.389 e. The highest BCUT2D eigenvalue weighted by atomic mass is 79.9. The molecule has 0 spiro atoms. The molecule has 0 bridgehead atoms. The van der Waals surface area contributed by atoms with Crippen molar-refractivity contribution < 1.29 is 23.4 Å². The van der Waals surface area contributed by atoms with E-state index in [-0.39, 0.29) is 15.9 Å². The number of rotatable bonds is 3. The first-order chi connectivity index (χ1) is 7.77. The SMILES string of the molecule is OC(CBr)C(O)c1ccc(C(F)(F)F)cc1Cl. The third-order valence-electron chi connectivity index (χ3n) is 2.17. The van der Waals surface area contributed by atoms with E-state index in [0.29, 0.717) is 0 Å². The predicted molar refractivity (Wildman–Crippen MR) is 61.2 cm³/mol. The van der Waals surface area contributed by atoms with Crippen molar-refractivity contribution in [3.8, 4) is 0 Å². The van der Waals surface area contributed by atoms with Crippen LogP contribution in [-0.4, -0.2) is 21.6 Å². The highest BCUT2D eigenvalue weighted by molar-refractivity contribution is 9.09. The predicted octanol–water partition coefficient (Wildman–Crippen LogP) is 3.15. The monoisotopic (exact) mass is 332 g/mol. The van der Waals surface area contributed by atoms with Gasteiger partial charge in [-0.15, -0.1) is 0 Å². The van der Waals surface area contributed by atoms with Gasteiger partial charge in [-0.25, -0.2) is 0 Å². The van der Waals surface area contributed by atoms with E-state index in [1.165, 1.54) is 0 Å². The lowest BCUT2D eigenvalue weighted by Gasteiger charge is -2.18. The van der Waals surface area contributed by atoms with Gasteiger partial charge < -0.3 is 10.2 Å². The lowest BCUT2D eigenvalue weighted by molar-refractivity contribution is -0.137. The summed E-state index contributed by atoms with van der Waals surface area (Å²) in [6, 6.07) is 2.59. The van der Waals surface area contributed by atoms with Crippen LogP contribution in [-0.2, 0) is 6.18 Å². The minimum absolute atomic E-state index is 0.0617. The summed E-state index contributed by atoms with van der Waals surface area (Å²) in [5.74, 6) is 0. The molecule has 2 unspecified atom stereocenters. The van der Waals surface area contributed by atoms with E-state index < -0.39 is 23.9 Å². The van der Waals surface area contributed by atoms with Gasteiger partial charge in [0.2, 0.25) is 0 Å². The summed E-state index contributed by atoms with van der Waals surface area (Å²) in [6.07, 6.45) is -6.95. The first-order valence-corrected chi connectivity index (χ1v) is 6.06. The molecule has 2 atom stereocenters. The number of aliphatic hydroxyl groups excluding tert-OH is 2. The number of benzene rings is 1. The third-order valence-corrected chi connectivity index (χ3v) is 3.16. The molecule has 0 aliphatic carbocycles. The van der Waals surface area contributed by atoms with Gasteiger partial charge >= 0.3 is 6.18 Å². The number of hydrogen-bond acceptors (Lipinski definition) is 2. The Morgan fingerprint density at radius 3 is 2.29 bits per heavy atom. The molecule has 0 aliphatic heterocycles. The van der Waals surface area contributed by atoms with Gasteiger partial charge in [-0.1, -0.05) is 33.6 Å². The van der Waals surface area contributed by atoms with Gasteiger partial charge in [0.15, 0.2) is 0 Å². The molecule has 1 aromatic carbocycles. The van der Waals surface area contributed by atoms with Crippen LogP contribution in [0.1, 0.15) is 17.2 Å². The second kappa shape index (κ2) is 5.56.